The highest BCUT2D eigenvalue weighted by molar-refractivity contribution is 7.90. The maximum atomic E-state index is 12.6. The van der Waals surface area contributed by atoms with Crippen LogP contribution in [0.3, 0.4) is 0 Å². The van der Waals surface area contributed by atoms with Crippen LogP contribution in [0.5, 0.6) is 0 Å². The summed E-state index contributed by atoms with van der Waals surface area (Å²) in [5.74, 6) is -0.700. The Labute approximate surface area is 124 Å². The number of aliphatic hydroxyl groups excluding tert-OH is 1. The van der Waals surface area contributed by atoms with Crippen molar-refractivity contribution >= 4 is 15.9 Å². The molecule has 0 radical (unpaired) electrons. The number of hydrogen-bond acceptors (Lipinski definition) is 5. The summed E-state index contributed by atoms with van der Waals surface area (Å²) in [6, 6.07) is 8.45. The number of carbonyl (C=O) groups excluding carboxylic acids is 1. The highest BCUT2D eigenvalue weighted by Gasteiger charge is 2.44. The van der Waals surface area contributed by atoms with Gasteiger partial charge >= 0.3 is 0 Å². The minimum Gasteiger partial charge on any atom is -0.361 e. The standard InChI is InChI=1S/C13H19N3O4S/c1-9-11(12(17)15-13(18)14-9)21(19,20)16(2)8-10-6-4-3-5-7-10/h3-7,9,11,13-14,18H,8H2,1-2H3,(H,15,17). The monoisotopic (exact) mass is 313 g/mol. The van der Waals surface area contributed by atoms with Crippen molar-refractivity contribution in [3.8, 4) is 0 Å². The molecule has 1 amide bonds. The van der Waals surface area contributed by atoms with E-state index in [-0.39, 0.29) is 6.54 Å². The third-order valence-corrected chi connectivity index (χ3v) is 5.68. The van der Waals surface area contributed by atoms with Crippen LogP contribution in [-0.2, 0) is 21.4 Å². The molecule has 1 saturated heterocycles. The lowest BCUT2D eigenvalue weighted by Gasteiger charge is -2.34. The number of sulfonamides is 1. The lowest BCUT2D eigenvalue weighted by atomic mass is 10.2. The van der Waals surface area contributed by atoms with Crippen LogP contribution in [0.15, 0.2) is 30.3 Å². The number of hydrogen-bond donors (Lipinski definition) is 3. The highest BCUT2D eigenvalue weighted by Crippen LogP contribution is 2.17. The first kappa shape index (κ1) is 15.9. The van der Waals surface area contributed by atoms with Gasteiger partial charge in [-0.05, 0) is 12.5 Å². The molecule has 0 aliphatic carbocycles. The highest BCUT2D eigenvalue weighted by atomic mass is 32.2. The van der Waals surface area contributed by atoms with Crippen LogP contribution in [0.25, 0.3) is 0 Å². The fourth-order valence-electron chi connectivity index (χ4n) is 2.34. The lowest BCUT2D eigenvalue weighted by Crippen LogP contribution is -2.66. The Morgan fingerprint density at radius 3 is 2.48 bits per heavy atom. The van der Waals surface area contributed by atoms with E-state index in [4.69, 9.17) is 0 Å². The maximum Gasteiger partial charge on any atom is 0.244 e. The third kappa shape index (κ3) is 3.41. The second-order valence-electron chi connectivity index (χ2n) is 5.07. The summed E-state index contributed by atoms with van der Waals surface area (Å²) in [5, 5.41) is 12.9. The van der Waals surface area contributed by atoms with E-state index in [1.807, 2.05) is 30.3 Å². The van der Waals surface area contributed by atoms with Gasteiger partial charge in [0.05, 0.1) is 0 Å². The number of nitrogens with zero attached hydrogens (tertiary/aromatic N) is 1. The van der Waals surface area contributed by atoms with E-state index >= 15 is 0 Å². The van der Waals surface area contributed by atoms with Gasteiger partial charge in [0.15, 0.2) is 11.6 Å². The first-order valence-corrected chi connectivity index (χ1v) is 8.06. The number of aliphatic hydroxyl groups is 1. The minimum atomic E-state index is -3.83. The van der Waals surface area contributed by atoms with Crippen molar-refractivity contribution in [2.45, 2.75) is 31.1 Å². The smallest absolute Gasteiger partial charge is 0.244 e. The zero-order valence-electron chi connectivity index (χ0n) is 11.9. The zero-order valence-corrected chi connectivity index (χ0v) is 12.7. The van der Waals surface area contributed by atoms with Crippen molar-refractivity contribution in [3.63, 3.8) is 0 Å². The Kier molecular flexibility index (Phi) is 4.62. The van der Waals surface area contributed by atoms with Crippen LogP contribution in [0.4, 0.5) is 0 Å². The average molecular weight is 313 g/mol. The number of amides is 1. The number of carbonyl (C=O) groups is 1. The molecule has 1 heterocycles. The summed E-state index contributed by atoms with van der Waals surface area (Å²) in [6.45, 7) is 1.74. The predicted octanol–water partition coefficient (Wildman–Crippen LogP) is -0.799. The SMILES string of the molecule is CC1NC(O)NC(=O)C1S(=O)(=O)N(C)Cc1ccccc1. The molecule has 0 saturated carbocycles. The molecule has 1 aromatic rings. The predicted molar refractivity (Wildman–Crippen MR) is 77.4 cm³/mol. The van der Waals surface area contributed by atoms with Crippen LogP contribution in [0.1, 0.15) is 12.5 Å². The molecule has 0 bridgehead atoms. The molecule has 1 aliphatic heterocycles. The van der Waals surface area contributed by atoms with E-state index in [0.717, 1.165) is 9.87 Å². The molecule has 1 aliphatic rings. The van der Waals surface area contributed by atoms with Gasteiger partial charge in [0.2, 0.25) is 15.9 Å². The van der Waals surface area contributed by atoms with Crippen LogP contribution >= 0.6 is 0 Å². The van der Waals surface area contributed by atoms with Gasteiger partial charge in [-0.1, -0.05) is 30.3 Å². The number of benzene rings is 1. The van der Waals surface area contributed by atoms with Crippen molar-refractivity contribution in [2.75, 3.05) is 7.05 Å². The normalized spacial score (nSPS) is 26.7. The van der Waals surface area contributed by atoms with Crippen LogP contribution in [0.2, 0.25) is 0 Å². The van der Waals surface area contributed by atoms with E-state index in [1.165, 1.54) is 7.05 Å². The van der Waals surface area contributed by atoms with Crippen molar-refractivity contribution in [1.82, 2.24) is 14.9 Å². The molecule has 0 spiro atoms. The van der Waals surface area contributed by atoms with Gasteiger partial charge in [-0.15, -0.1) is 0 Å². The molecule has 8 heteroatoms. The molecule has 3 atom stereocenters. The summed E-state index contributed by atoms with van der Waals surface area (Å²) in [7, 11) is -2.40. The van der Waals surface area contributed by atoms with Gasteiger partial charge < -0.3 is 10.4 Å². The van der Waals surface area contributed by atoms with Gasteiger partial charge in [0.25, 0.3) is 0 Å². The molecule has 0 aromatic heterocycles. The Morgan fingerprint density at radius 2 is 1.90 bits per heavy atom. The Balaban J connectivity index is 2.19. The molecule has 1 fully saturated rings. The summed E-state index contributed by atoms with van der Waals surface area (Å²) in [5.41, 5.74) is 0.834. The van der Waals surface area contributed by atoms with Gasteiger partial charge in [-0.3, -0.25) is 10.1 Å². The fourth-order valence-corrected chi connectivity index (χ4v) is 3.99. The second-order valence-corrected chi connectivity index (χ2v) is 7.23. The quantitative estimate of drug-likeness (QED) is 0.676. The molecular formula is C13H19N3O4S. The fraction of sp³-hybridized carbons (Fsp3) is 0.462. The topological polar surface area (TPSA) is 98.7 Å². The van der Waals surface area contributed by atoms with Gasteiger partial charge in [0.1, 0.15) is 0 Å². The summed E-state index contributed by atoms with van der Waals surface area (Å²) >= 11 is 0. The van der Waals surface area contributed by atoms with Crippen molar-refractivity contribution in [1.29, 1.82) is 0 Å². The molecule has 116 valence electrons. The maximum absolute atomic E-state index is 12.6. The summed E-state index contributed by atoms with van der Waals surface area (Å²) < 4.78 is 26.3. The van der Waals surface area contributed by atoms with Gasteiger partial charge in [-0.2, -0.15) is 4.31 Å². The number of nitrogens with one attached hydrogen (secondary N) is 2. The summed E-state index contributed by atoms with van der Waals surface area (Å²) in [4.78, 5) is 11.9. The second kappa shape index (κ2) is 6.10. The molecule has 3 unspecified atom stereocenters. The van der Waals surface area contributed by atoms with Gasteiger partial charge in [-0.25, -0.2) is 8.42 Å². The van der Waals surface area contributed by atoms with Crippen LogP contribution < -0.4 is 10.6 Å². The largest absolute Gasteiger partial charge is 0.361 e. The molecule has 1 aromatic carbocycles. The molecule has 7 nitrogen and oxygen atoms in total. The molecule has 3 N–H and O–H groups in total. The van der Waals surface area contributed by atoms with E-state index in [9.17, 15) is 18.3 Å². The van der Waals surface area contributed by atoms with Crippen molar-refractivity contribution < 1.29 is 18.3 Å². The first-order chi connectivity index (χ1) is 9.82. The van der Waals surface area contributed by atoms with E-state index < -0.39 is 33.6 Å². The van der Waals surface area contributed by atoms with Crippen molar-refractivity contribution in [3.05, 3.63) is 35.9 Å². The van der Waals surface area contributed by atoms with Crippen LogP contribution in [0, 0.1) is 0 Å². The zero-order chi connectivity index (χ0) is 15.6. The number of rotatable bonds is 4. The Bertz CT molecular complexity index is 605. The van der Waals surface area contributed by atoms with E-state index in [1.54, 1.807) is 6.92 Å². The third-order valence-electron chi connectivity index (χ3n) is 3.42. The van der Waals surface area contributed by atoms with Crippen LogP contribution in [-0.4, -0.2) is 48.4 Å². The summed E-state index contributed by atoms with van der Waals surface area (Å²) in [6.07, 6.45) is -1.22. The Hall–Kier alpha value is -1.48. The van der Waals surface area contributed by atoms with Gasteiger partial charge in [0, 0.05) is 19.6 Å². The molecule has 21 heavy (non-hydrogen) atoms. The molecular weight excluding hydrogens is 294 g/mol. The van der Waals surface area contributed by atoms with E-state index in [2.05, 4.69) is 10.6 Å². The average Bonchev–Trinajstić information content (AvgIpc) is 2.38. The Morgan fingerprint density at radius 1 is 1.29 bits per heavy atom. The van der Waals surface area contributed by atoms with Crippen molar-refractivity contribution in [2.24, 2.45) is 0 Å². The minimum absolute atomic E-state index is 0.183. The van der Waals surface area contributed by atoms with E-state index in [0.29, 0.717) is 0 Å². The first-order valence-electron chi connectivity index (χ1n) is 6.56. The molecule has 2 rings (SSSR count). The lowest BCUT2D eigenvalue weighted by molar-refractivity contribution is -0.128.